The Morgan fingerprint density at radius 2 is 2.00 bits per heavy atom. The molecule has 2 rings (SSSR count). The van der Waals surface area contributed by atoms with Crippen molar-refractivity contribution < 1.29 is 9.59 Å². The Bertz CT molecular complexity index is 588. The van der Waals surface area contributed by atoms with Gasteiger partial charge in [0, 0.05) is 25.2 Å². The van der Waals surface area contributed by atoms with Crippen LogP contribution in [0.3, 0.4) is 0 Å². The number of Topliss-reactive ketones (excluding diaryl/α,β-unsaturated/α-hetero) is 1. The number of fused-ring (bicyclic) bond motifs is 1. The summed E-state index contributed by atoms with van der Waals surface area (Å²) in [5.41, 5.74) is 1.24. The van der Waals surface area contributed by atoms with Gasteiger partial charge in [-0.25, -0.2) is 0 Å². The summed E-state index contributed by atoms with van der Waals surface area (Å²) in [6.45, 7) is 1.87. The molecule has 0 spiro atoms. The van der Waals surface area contributed by atoms with Crippen LogP contribution < -0.4 is 0 Å². The van der Waals surface area contributed by atoms with E-state index in [1.165, 1.54) is 27.5 Å². The summed E-state index contributed by atoms with van der Waals surface area (Å²) in [6, 6.07) is 8.22. The van der Waals surface area contributed by atoms with Crippen molar-refractivity contribution in [2.24, 2.45) is 0 Å². The maximum atomic E-state index is 11.4. The fourth-order valence-electron chi connectivity index (χ4n) is 1.88. The molecule has 1 aromatic heterocycles. The molecule has 0 saturated carbocycles. The Morgan fingerprint density at radius 1 is 1.28 bits per heavy atom. The third kappa shape index (κ3) is 2.59. The molecule has 3 nitrogen and oxygen atoms in total. The van der Waals surface area contributed by atoms with E-state index in [-0.39, 0.29) is 0 Å². The molecule has 1 aromatic carbocycles. The van der Waals surface area contributed by atoms with E-state index in [0.717, 1.165) is 6.42 Å². The van der Waals surface area contributed by atoms with Crippen LogP contribution in [-0.2, 0) is 16.0 Å². The second-order valence-electron chi connectivity index (χ2n) is 4.29. The first-order valence-electron chi connectivity index (χ1n) is 5.80. The molecule has 0 radical (unpaired) electrons. The molecule has 2 aromatic rings. The van der Waals surface area contributed by atoms with Crippen LogP contribution in [-0.4, -0.2) is 30.2 Å². The number of hydrogen-bond acceptors (Lipinski definition) is 3. The van der Waals surface area contributed by atoms with Crippen molar-refractivity contribution in [1.29, 1.82) is 0 Å². The van der Waals surface area contributed by atoms with Crippen molar-refractivity contribution in [2.75, 3.05) is 13.6 Å². The van der Waals surface area contributed by atoms with Crippen molar-refractivity contribution in [2.45, 2.75) is 13.3 Å². The first kappa shape index (κ1) is 12.8. The second-order valence-corrected chi connectivity index (χ2v) is 5.20. The lowest BCUT2D eigenvalue weighted by atomic mass is 10.1. The summed E-state index contributed by atoms with van der Waals surface area (Å²) >= 11 is 1.71. The number of ketones is 1. The molecule has 0 aliphatic carbocycles. The first-order valence-corrected chi connectivity index (χ1v) is 6.68. The maximum absolute atomic E-state index is 11.4. The maximum Gasteiger partial charge on any atom is 0.289 e. The number of amides is 1. The topological polar surface area (TPSA) is 37.4 Å². The molecule has 0 fully saturated rings. The molecular formula is C14H15NO2S. The average Bonchev–Trinajstić information content (AvgIpc) is 2.78. The molecule has 18 heavy (non-hydrogen) atoms. The Balaban J connectivity index is 2.06. The molecule has 0 unspecified atom stereocenters. The lowest BCUT2D eigenvalue weighted by Crippen LogP contribution is -2.33. The third-order valence-electron chi connectivity index (χ3n) is 2.93. The predicted octanol–water partition coefficient (Wildman–Crippen LogP) is 2.49. The van der Waals surface area contributed by atoms with Crippen molar-refractivity contribution in [3.63, 3.8) is 0 Å². The van der Waals surface area contributed by atoms with E-state index in [9.17, 15) is 9.59 Å². The Labute approximate surface area is 110 Å². The van der Waals surface area contributed by atoms with Gasteiger partial charge in [-0.1, -0.05) is 18.2 Å². The summed E-state index contributed by atoms with van der Waals surface area (Å²) in [5.74, 6) is -0.831. The molecule has 0 N–H and O–H groups in total. The minimum atomic E-state index is -0.422. The van der Waals surface area contributed by atoms with Gasteiger partial charge in [0.1, 0.15) is 0 Å². The van der Waals surface area contributed by atoms with E-state index in [4.69, 9.17) is 0 Å². The van der Waals surface area contributed by atoms with Gasteiger partial charge in [0.25, 0.3) is 5.91 Å². The van der Waals surface area contributed by atoms with E-state index >= 15 is 0 Å². The van der Waals surface area contributed by atoms with E-state index in [0.29, 0.717) is 6.54 Å². The number of nitrogens with zero attached hydrogens (tertiary/aromatic N) is 1. The Morgan fingerprint density at radius 3 is 2.72 bits per heavy atom. The van der Waals surface area contributed by atoms with Gasteiger partial charge in [0.05, 0.1) is 0 Å². The SMILES string of the molecule is CC(=O)C(=O)N(C)CCc1csc2ccccc12. The van der Waals surface area contributed by atoms with Gasteiger partial charge in [0.15, 0.2) is 0 Å². The van der Waals surface area contributed by atoms with Crippen LogP contribution in [0.2, 0.25) is 0 Å². The Kier molecular flexibility index (Phi) is 3.77. The fraction of sp³-hybridized carbons (Fsp3) is 0.286. The van der Waals surface area contributed by atoms with Crippen LogP contribution in [0, 0.1) is 0 Å². The summed E-state index contributed by atoms with van der Waals surface area (Å²) in [7, 11) is 1.66. The highest BCUT2D eigenvalue weighted by Gasteiger charge is 2.14. The number of likely N-dealkylation sites (N-methyl/N-ethyl adjacent to an activating group) is 1. The van der Waals surface area contributed by atoms with E-state index < -0.39 is 11.7 Å². The number of rotatable bonds is 4. The first-order chi connectivity index (χ1) is 8.59. The minimum absolute atomic E-state index is 0.410. The van der Waals surface area contributed by atoms with E-state index in [1.54, 1.807) is 18.4 Å². The minimum Gasteiger partial charge on any atom is -0.339 e. The number of thiophene rings is 1. The summed E-state index contributed by atoms with van der Waals surface area (Å²) < 4.78 is 1.26. The van der Waals surface area contributed by atoms with Crippen molar-refractivity contribution in [1.82, 2.24) is 4.90 Å². The van der Waals surface area contributed by atoms with Gasteiger partial charge in [-0.2, -0.15) is 0 Å². The van der Waals surface area contributed by atoms with Gasteiger partial charge >= 0.3 is 0 Å². The molecule has 0 bridgehead atoms. The highest BCUT2D eigenvalue weighted by Crippen LogP contribution is 2.25. The van der Waals surface area contributed by atoms with Gasteiger partial charge < -0.3 is 4.90 Å². The lowest BCUT2D eigenvalue weighted by Gasteiger charge is -2.14. The van der Waals surface area contributed by atoms with Gasteiger partial charge in [0.2, 0.25) is 5.78 Å². The fourth-order valence-corrected chi connectivity index (χ4v) is 2.88. The molecule has 0 aliphatic rings. The molecule has 0 saturated heterocycles. The average molecular weight is 261 g/mol. The van der Waals surface area contributed by atoms with Gasteiger partial charge in [-0.15, -0.1) is 11.3 Å². The molecule has 4 heteroatoms. The quantitative estimate of drug-likeness (QED) is 0.793. The number of carbonyl (C=O) groups is 2. The molecular weight excluding hydrogens is 246 g/mol. The molecule has 0 atom stereocenters. The number of hydrogen-bond donors (Lipinski definition) is 0. The largest absolute Gasteiger partial charge is 0.339 e. The molecule has 1 amide bonds. The summed E-state index contributed by atoms with van der Waals surface area (Å²) in [4.78, 5) is 23.9. The third-order valence-corrected chi connectivity index (χ3v) is 3.94. The van der Waals surface area contributed by atoms with Crippen LogP contribution in [0.25, 0.3) is 10.1 Å². The monoisotopic (exact) mass is 261 g/mol. The lowest BCUT2D eigenvalue weighted by molar-refractivity contribution is -0.142. The standard InChI is InChI=1S/C14H15NO2S/c1-10(16)14(17)15(2)8-7-11-9-18-13-6-4-3-5-12(11)13/h3-6,9H,7-8H2,1-2H3. The molecule has 94 valence electrons. The van der Waals surface area contributed by atoms with E-state index in [1.807, 2.05) is 12.1 Å². The smallest absolute Gasteiger partial charge is 0.289 e. The van der Waals surface area contributed by atoms with Crippen LogP contribution in [0.15, 0.2) is 29.6 Å². The Hall–Kier alpha value is -1.68. The highest BCUT2D eigenvalue weighted by atomic mass is 32.1. The van der Waals surface area contributed by atoms with Crippen LogP contribution in [0.1, 0.15) is 12.5 Å². The van der Waals surface area contributed by atoms with Crippen LogP contribution >= 0.6 is 11.3 Å². The van der Waals surface area contributed by atoms with Crippen molar-refractivity contribution >= 4 is 33.1 Å². The summed E-state index contributed by atoms with van der Waals surface area (Å²) in [5, 5.41) is 3.36. The molecule has 0 aliphatic heterocycles. The highest BCUT2D eigenvalue weighted by molar-refractivity contribution is 7.17. The van der Waals surface area contributed by atoms with Gasteiger partial charge in [-0.05, 0) is 28.8 Å². The van der Waals surface area contributed by atoms with Gasteiger partial charge in [-0.3, -0.25) is 9.59 Å². The van der Waals surface area contributed by atoms with Crippen molar-refractivity contribution in [3.05, 3.63) is 35.2 Å². The zero-order chi connectivity index (χ0) is 13.1. The summed E-state index contributed by atoms with van der Waals surface area (Å²) in [6.07, 6.45) is 0.777. The second kappa shape index (κ2) is 5.31. The number of benzene rings is 1. The zero-order valence-corrected chi connectivity index (χ0v) is 11.3. The normalized spacial score (nSPS) is 10.6. The predicted molar refractivity (Wildman–Crippen MR) is 73.8 cm³/mol. The zero-order valence-electron chi connectivity index (χ0n) is 10.5. The van der Waals surface area contributed by atoms with Crippen LogP contribution in [0.5, 0.6) is 0 Å². The van der Waals surface area contributed by atoms with Crippen LogP contribution in [0.4, 0.5) is 0 Å². The van der Waals surface area contributed by atoms with E-state index in [2.05, 4.69) is 17.5 Å². The molecule has 1 heterocycles. The number of carbonyl (C=O) groups excluding carboxylic acids is 2. The van der Waals surface area contributed by atoms with Crippen molar-refractivity contribution in [3.8, 4) is 0 Å².